The molecule has 0 aliphatic carbocycles. The van der Waals surface area contributed by atoms with Crippen LogP contribution in [0.2, 0.25) is 0 Å². The third kappa shape index (κ3) is 3.50. The normalized spacial score (nSPS) is 17.6. The number of anilines is 1. The molecule has 1 amide bonds. The van der Waals surface area contributed by atoms with E-state index in [1.807, 2.05) is 12.3 Å². The monoisotopic (exact) mass is 336 g/mol. The average Bonchev–Trinajstić information content (AvgIpc) is 3.17. The van der Waals surface area contributed by atoms with Crippen LogP contribution in [0.3, 0.4) is 0 Å². The number of hydrogen-bond donors (Lipinski definition) is 0. The molecule has 2 aromatic rings. The van der Waals surface area contributed by atoms with Crippen molar-refractivity contribution in [3.8, 4) is 0 Å². The van der Waals surface area contributed by atoms with Crippen LogP contribution in [-0.2, 0) is 11.3 Å². The smallest absolute Gasteiger partial charge is 0.240 e. The van der Waals surface area contributed by atoms with Gasteiger partial charge in [-0.05, 0) is 49.8 Å². The summed E-state index contributed by atoms with van der Waals surface area (Å²) in [5, 5.41) is 2.96. The Balaban J connectivity index is 1.86. The lowest BCUT2D eigenvalue weighted by Gasteiger charge is -2.24. The van der Waals surface area contributed by atoms with Crippen LogP contribution < -0.4 is 4.90 Å². The van der Waals surface area contributed by atoms with E-state index < -0.39 is 0 Å². The zero-order valence-corrected chi connectivity index (χ0v) is 13.9. The number of halogens is 1. The van der Waals surface area contributed by atoms with Gasteiger partial charge in [-0.2, -0.15) is 0 Å². The van der Waals surface area contributed by atoms with Gasteiger partial charge in [0, 0.05) is 11.1 Å². The van der Waals surface area contributed by atoms with Crippen LogP contribution in [0.1, 0.15) is 23.5 Å². The molecule has 0 bridgehead atoms. The van der Waals surface area contributed by atoms with Crippen molar-refractivity contribution < 1.29 is 9.18 Å². The molecule has 1 aromatic heterocycles. The lowest BCUT2D eigenvalue weighted by molar-refractivity contribution is -0.118. The fourth-order valence-corrected chi connectivity index (χ4v) is 4.33. The molecule has 6 heteroatoms. The summed E-state index contributed by atoms with van der Waals surface area (Å²) in [7, 11) is 0. The molecule has 0 N–H and O–H groups in total. The van der Waals surface area contributed by atoms with Crippen LogP contribution in [0.5, 0.6) is 0 Å². The number of benzene rings is 1. The van der Waals surface area contributed by atoms with E-state index in [-0.39, 0.29) is 17.0 Å². The van der Waals surface area contributed by atoms with E-state index in [4.69, 9.17) is 0 Å². The number of aromatic nitrogens is 1. The van der Waals surface area contributed by atoms with E-state index in [2.05, 4.69) is 4.98 Å². The zero-order chi connectivity index (χ0) is 15.5. The molecule has 1 aliphatic rings. The number of nitrogens with zero attached hydrogens (tertiary/aromatic N) is 2. The summed E-state index contributed by atoms with van der Waals surface area (Å²) >= 11 is 3.28. The Bertz CT molecular complexity index is 650. The predicted molar refractivity (Wildman–Crippen MR) is 89.9 cm³/mol. The average molecular weight is 336 g/mol. The molecule has 116 valence electrons. The van der Waals surface area contributed by atoms with Crippen molar-refractivity contribution in [3.05, 3.63) is 46.2 Å². The van der Waals surface area contributed by atoms with Gasteiger partial charge in [-0.15, -0.1) is 23.1 Å². The van der Waals surface area contributed by atoms with Crippen molar-refractivity contribution in [2.45, 2.75) is 31.6 Å². The van der Waals surface area contributed by atoms with Gasteiger partial charge in [-0.25, -0.2) is 9.37 Å². The Hall–Kier alpha value is -1.40. The Kier molecular flexibility index (Phi) is 4.78. The van der Waals surface area contributed by atoms with Crippen molar-refractivity contribution in [1.29, 1.82) is 0 Å². The largest absolute Gasteiger partial charge is 0.305 e. The van der Waals surface area contributed by atoms with Crippen molar-refractivity contribution in [1.82, 2.24) is 4.98 Å². The van der Waals surface area contributed by atoms with Gasteiger partial charge >= 0.3 is 0 Å². The van der Waals surface area contributed by atoms with E-state index in [0.717, 1.165) is 35.0 Å². The molecule has 3 nitrogen and oxygen atoms in total. The zero-order valence-electron chi connectivity index (χ0n) is 12.3. The highest BCUT2D eigenvalue weighted by Gasteiger charge is 2.29. The van der Waals surface area contributed by atoms with Crippen LogP contribution >= 0.6 is 23.1 Å². The second-order valence-corrected chi connectivity index (χ2v) is 7.63. The topological polar surface area (TPSA) is 33.2 Å². The molecule has 0 unspecified atom stereocenters. The maximum atomic E-state index is 13.2. The number of amides is 1. The molecule has 3 rings (SSSR count). The minimum absolute atomic E-state index is 0.00443. The summed E-state index contributed by atoms with van der Waals surface area (Å²) < 4.78 is 13.2. The van der Waals surface area contributed by atoms with Crippen LogP contribution in [0.25, 0.3) is 0 Å². The van der Waals surface area contributed by atoms with E-state index in [1.54, 1.807) is 40.1 Å². The minimum atomic E-state index is -0.295. The standard InChI is InChI=1S/C16H17FN2OS2/c1-11-18-13(10-22-11)9-19(14-6-4-12(17)5-7-14)16(20)15-3-2-8-21-15/h4-7,10,15H,2-3,8-9H2,1H3/t15-/m1/s1. The lowest BCUT2D eigenvalue weighted by atomic mass is 10.2. The first-order chi connectivity index (χ1) is 10.6. The number of aryl methyl sites for hydroxylation is 1. The fraction of sp³-hybridized carbons (Fsp3) is 0.375. The van der Waals surface area contributed by atoms with E-state index in [0.29, 0.717) is 6.54 Å². The van der Waals surface area contributed by atoms with Gasteiger partial charge in [0.2, 0.25) is 5.91 Å². The Morgan fingerprint density at radius 3 is 2.77 bits per heavy atom. The maximum absolute atomic E-state index is 13.2. The number of carbonyl (C=O) groups is 1. The highest BCUT2D eigenvalue weighted by Crippen LogP contribution is 2.30. The van der Waals surface area contributed by atoms with Crippen molar-refractivity contribution >= 4 is 34.7 Å². The minimum Gasteiger partial charge on any atom is -0.305 e. The first-order valence-electron chi connectivity index (χ1n) is 7.23. The van der Waals surface area contributed by atoms with E-state index >= 15 is 0 Å². The molecule has 1 fully saturated rings. The predicted octanol–water partition coefficient (Wildman–Crippen LogP) is 4.02. The number of rotatable bonds is 4. The van der Waals surface area contributed by atoms with Crippen molar-refractivity contribution in [3.63, 3.8) is 0 Å². The quantitative estimate of drug-likeness (QED) is 0.845. The molecule has 1 saturated heterocycles. The highest BCUT2D eigenvalue weighted by molar-refractivity contribution is 8.00. The summed E-state index contributed by atoms with van der Waals surface area (Å²) in [6.45, 7) is 2.39. The first kappa shape index (κ1) is 15.5. The third-order valence-corrected chi connectivity index (χ3v) is 5.78. The van der Waals surface area contributed by atoms with Crippen LogP contribution in [0, 0.1) is 12.7 Å². The summed E-state index contributed by atoms with van der Waals surface area (Å²) in [6.07, 6.45) is 1.99. The number of hydrogen-bond acceptors (Lipinski definition) is 4. The van der Waals surface area contributed by atoms with E-state index in [1.165, 1.54) is 12.1 Å². The third-order valence-electron chi connectivity index (χ3n) is 3.60. The molecule has 2 heterocycles. The van der Waals surface area contributed by atoms with Gasteiger partial charge in [0.25, 0.3) is 0 Å². The number of carbonyl (C=O) groups excluding carboxylic acids is 1. The van der Waals surface area contributed by atoms with Gasteiger partial charge in [0.15, 0.2) is 0 Å². The highest BCUT2D eigenvalue weighted by atomic mass is 32.2. The molecule has 22 heavy (non-hydrogen) atoms. The van der Waals surface area contributed by atoms with Crippen molar-refractivity contribution in [2.75, 3.05) is 10.7 Å². The first-order valence-corrected chi connectivity index (χ1v) is 9.16. The summed E-state index contributed by atoms with van der Waals surface area (Å²) in [5.41, 5.74) is 1.60. The molecule has 0 saturated carbocycles. The van der Waals surface area contributed by atoms with Crippen LogP contribution in [0.4, 0.5) is 10.1 Å². The summed E-state index contributed by atoms with van der Waals surface area (Å²) in [4.78, 5) is 19.0. The summed E-state index contributed by atoms with van der Waals surface area (Å²) in [6, 6.07) is 6.10. The van der Waals surface area contributed by atoms with Gasteiger partial charge in [-0.3, -0.25) is 4.79 Å². The Morgan fingerprint density at radius 2 is 2.18 bits per heavy atom. The summed E-state index contributed by atoms with van der Waals surface area (Å²) in [5.74, 6) is 0.833. The SMILES string of the molecule is Cc1nc(CN(C(=O)[C@H]2CCCS2)c2ccc(F)cc2)cs1. The Morgan fingerprint density at radius 1 is 1.41 bits per heavy atom. The van der Waals surface area contributed by atoms with Crippen LogP contribution in [0.15, 0.2) is 29.6 Å². The van der Waals surface area contributed by atoms with Gasteiger partial charge < -0.3 is 4.90 Å². The second kappa shape index (κ2) is 6.79. The second-order valence-electron chi connectivity index (χ2n) is 5.26. The van der Waals surface area contributed by atoms with Gasteiger partial charge in [-0.1, -0.05) is 0 Å². The maximum Gasteiger partial charge on any atom is 0.240 e. The van der Waals surface area contributed by atoms with Gasteiger partial charge in [0.1, 0.15) is 5.82 Å². The van der Waals surface area contributed by atoms with E-state index in [9.17, 15) is 9.18 Å². The lowest BCUT2D eigenvalue weighted by Crippen LogP contribution is -2.36. The molecule has 0 radical (unpaired) electrons. The molecule has 1 aliphatic heterocycles. The molecular formula is C16H17FN2OS2. The fourth-order valence-electron chi connectivity index (χ4n) is 2.51. The van der Waals surface area contributed by atoms with Gasteiger partial charge in [0.05, 0.1) is 22.5 Å². The molecule has 1 aromatic carbocycles. The number of thiazole rings is 1. The van der Waals surface area contributed by atoms with Crippen LogP contribution in [-0.4, -0.2) is 21.9 Å². The van der Waals surface area contributed by atoms with Crippen molar-refractivity contribution in [2.24, 2.45) is 0 Å². The molecule has 1 atom stereocenters. The number of thioether (sulfide) groups is 1. The Labute approximate surface area is 137 Å². The molecule has 0 spiro atoms. The molecular weight excluding hydrogens is 319 g/mol.